The van der Waals surface area contributed by atoms with E-state index in [4.69, 9.17) is 0 Å². The maximum Gasteiger partial charge on any atom is 0.246 e. The molecule has 0 spiro atoms. The van der Waals surface area contributed by atoms with Crippen molar-refractivity contribution in [2.75, 3.05) is 55.9 Å². The molecule has 2 saturated heterocycles. The second kappa shape index (κ2) is 33.0. The first-order valence-corrected chi connectivity index (χ1v) is 30.2. The second-order valence-electron chi connectivity index (χ2n) is 25.8. The Labute approximate surface area is 501 Å². The van der Waals surface area contributed by atoms with E-state index in [1.807, 2.05) is 41.5 Å². The average molecular weight is 1190 g/mol. The molecule has 2 fully saturated rings. The SMILES string of the molecule is C/C=C/C[C@@H](C)[C@@H](O)[C@H]1C(=O)N[C@@H](CC)C(=O)N(C)CC(=O)N(C)[C@@H](CC(C)C)C(=O)N[C@@H](C(C)C)C(=O)N(C)[C@H]2CC(C)CC(C)[C@@H](C(=O)N1C)N(C)C(=O)[C@H](CC(C)C)N(C)C(=O)[C@H](CC(C)C)N(C)C(=O)[C@@H](C)NC(=O)[C@H](C)NC2=O. The molecule has 23 nitrogen and oxygen atoms in total. The molecule has 5 N–H and O–H groups in total. The van der Waals surface area contributed by atoms with Gasteiger partial charge >= 0.3 is 0 Å². The normalized spacial score (nSPS) is 29.5. The third kappa shape index (κ3) is 19.5. The summed E-state index contributed by atoms with van der Waals surface area (Å²) >= 11 is 0. The summed E-state index contributed by atoms with van der Waals surface area (Å²) in [5.74, 6) is -10.8. The van der Waals surface area contributed by atoms with Crippen molar-refractivity contribution < 1.29 is 57.8 Å². The van der Waals surface area contributed by atoms with Crippen LogP contribution in [-0.4, -0.2) is 227 Å². The molecule has 2 heterocycles. The number of nitrogens with one attached hydrogen (secondary N) is 4. The molecule has 23 heteroatoms. The molecule has 2 rings (SSSR count). The molecule has 478 valence electrons. The van der Waals surface area contributed by atoms with Crippen molar-refractivity contribution in [3.63, 3.8) is 0 Å². The van der Waals surface area contributed by atoms with E-state index in [1.165, 1.54) is 87.7 Å². The van der Waals surface area contributed by atoms with Gasteiger partial charge in [0.2, 0.25) is 65.0 Å². The standard InChI is InChI=1S/C61H107N11O12/c1-23-25-26-38(12)51(74)50-55(78)64-42(24-2)57(80)66(16)32-47(73)67(17)43(27-33(3)4)54(77)65-48(36(9)10)60(83)68(18)44-31-37(11)30-39(13)49(61(84)72(50)22)71(21)59(82)46(29-35(7)8)70(20)58(81)45(28-34(5)6)69(19)56(79)41(15)63-52(75)40(14)62-53(44)76/h23,25,33-46,48-51,74H,24,26-32H2,1-22H3,(H,62,76)(H,63,75)(H,64,78)(H,65,77)/b25-23+/t37?,38-,39?,40+,41-,42+,43+,44+,45+,46+,48+,49+,50+,51-/m1/s1. The topological polar surface area (TPSA) is 279 Å². The maximum absolute atomic E-state index is 15.9. The summed E-state index contributed by atoms with van der Waals surface area (Å²) < 4.78 is 0. The number of rotatable bonds is 12. The molecule has 0 aliphatic carbocycles. The fourth-order valence-corrected chi connectivity index (χ4v) is 11.4. The lowest BCUT2D eigenvalue weighted by atomic mass is 9.85. The van der Waals surface area contributed by atoms with Gasteiger partial charge in [0.25, 0.3) is 0 Å². The number of hydrogen-bond acceptors (Lipinski definition) is 12. The van der Waals surface area contributed by atoms with E-state index in [-0.39, 0.29) is 62.7 Å². The van der Waals surface area contributed by atoms with Crippen LogP contribution in [0.4, 0.5) is 0 Å². The molecule has 0 saturated carbocycles. The molecule has 2 aliphatic heterocycles. The van der Waals surface area contributed by atoms with Crippen LogP contribution in [0.15, 0.2) is 12.2 Å². The molecule has 0 radical (unpaired) electrons. The van der Waals surface area contributed by atoms with Crippen LogP contribution in [-0.2, 0) is 52.7 Å². The van der Waals surface area contributed by atoms with Gasteiger partial charge in [-0.2, -0.15) is 0 Å². The van der Waals surface area contributed by atoms with E-state index >= 15 is 19.2 Å². The number of allylic oxidation sites excluding steroid dienone is 2. The number of aliphatic hydroxyl groups excluding tert-OH is 1. The minimum absolute atomic E-state index is 0.0232. The van der Waals surface area contributed by atoms with E-state index in [9.17, 15) is 38.7 Å². The highest BCUT2D eigenvalue weighted by molar-refractivity contribution is 5.99. The highest BCUT2D eigenvalue weighted by atomic mass is 16.3. The third-order valence-electron chi connectivity index (χ3n) is 16.7. The predicted molar refractivity (Wildman–Crippen MR) is 322 cm³/mol. The molecule has 14 atom stereocenters. The summed E-state index contributed by atoms with van der Waals surface area (Å²) in [5, 5.41) is 23.4. The quantitative estimate of drug-likeness (QED) is 0.177. The third-order valence-corrected chi connectivity index (χ3v) is 16.7. The molecule has 2 unspecified atom stereocenters. The summed E-state index contributed by atoms with van der Waals surface area (Å²) in [6.07, 6.45) is 2.77. The lowest BCUT2D eigenvalue weighted by Crippen LogP contribution is -2.64. The first-order valence-electron chi connectivity index (χ1n) is 30.2. The molecule has 2 bridgehead atoms. The predicted octanol–water partition coefficient (Wildman–Crippen LogP) is 2.63. The van der Waals surface area contributed by atoms with Crippen LogP contribution < -0.4 is 21.3 Å². The molecule has 0 aromatic carbocycles. The van der Waals surface area contributed by atoms with Gasteiger partial charge in [0.15, 0.2) is 0 Å². The highest BCUT2D eigenvalue weighted by Gasteiger charge is 2.47. The number of carbonyl (C=O) groups excluding carboxylic acids is 11. The average Bonchev–Trinajstić information content (AvgIpc) is 3.24. The molecule has 11 amide bonds. The fourth-order valence-electron chi connectivity index (χ4n) is 11.4. The van der Waals surface area contributed by atoms with Crippen molar-refractivity contribution in [3.05, 3.63) is 12.2 Å². The summed E-state index contributed by atoms with van der Waals surface area (Å²) in [7, 11) is 9.90. The summed E-state index contributed by atoms with van der Waals surface area (Å²) in [6, 6.07) is -12.9. The number of likely N-dealkylation sites (N-methyl/N-ethyl adjacent to an activating group) is 7. The Balaban J connectivity index is 3.29. The van der Waals surface area contributed by atoms with Gasteiger partial charge in [-0.05, 0) is 107 Å². The first kappa shape index (κ1) is 74.0. The second-order valence-corrected chi connectivity index (χ2v) is 25.8. The number of aliphatic hydroxyl groups is 1. The first-order chi connectivity index (χ1) is 38.9. The number of hydrogen-bond donors (Lipinski definition) is 5. The summed E-state index contributed by atoms with van der Waals surface area (Å²) in [4.78, 5) is 171. The Morgan fingerprint density at radius 3 is 1.52 bits per heavy atom. The van der Waals surface area contributed by atoms with Gasteiger partial charge in [0.1, 0.15) is 60.4 Å². The number of amides is 11. The minimum Gasteiger partial charge on any atom is -0.390 e. The van der Waals surface area contributed by atoms with Crippen molar-refractivity contribution >= 4 is 65.0 Å². The molecular weight excluding hydrogens is 1080 g/mol. The van der Waals surface area contributed by atoms with Crippen LogP contribution in [0.2, 0.25) is 0 Å². The van der Waals surface area contributed by atoms with Crippen molar-refractivity contribution in [1.82, 2.24) is 55.6 Å². The Kier molecular flexibility index (Phi) is 29.0. The van der Waals surface area contributed by atoms with E-state index in [2.05, 4.69) is 21.3 Å². The monoisotopic (exact) mass is 1190 g/mol. The van der Waals surface area contributed by atoms with Gasteiger partial charge < -0.3 is 60.7 Å². The lowest BCUT2D eigenvalue weighted by Gasteiger charge is -2.42. The van der Waals surface area contributed by atoms with Gasteiger partial charge in [-0.1, -0.05) is 95.2 Å². The minimum atomic E-state index is -1.67. The highest BCUT2D eigenvalue weighted by Crippen LogP contribution is 2.30. The van der Waals surface area contributed by atoms with Crippen LogP contribution >= 0.6 is 0 Å². The van der Waals surface area contributed by atoms with Crippen LogP contribution in [0.25, 0.3) is 0 Å². The smallest absolute Gasteiger partial charge is 0.246 e. The number of carbonyl (C=O) groups is 11. The van der Waals surface area contributed by atoms with Gasteiger partial charge in [-0.25, -0.2) is 0 Å². The molecule has 84 heavy (non-hydrogen) atoms. The van der Waals surface area contributed by atoms with E-state index in [0.29, 0.717) is 0 Å². The van der Waals surface area contributed by atoms with Crippen molar-refractivity contribution in [1.29, 1.82) is 0 Å². The van der Waals surface area contributed by atoms with Gasteiger partial charge in [-0.15, -0.1) is 0 Å². The van der Waals surface area contributed by atoms with E-state index < -0.39 is 162 Å². The van der Waals surface area contributed by atoms with E-state index in [0.717, 1.165) is 9.80 Å². The van der Waals surface area contributed by atoms with Crippen molar-refractivity contribution in [3.8, 4) is 0 Å². The van der Waals surface area contributed by atoms with Gasteiger partial charge in [-0.3, -0.25) is 52.7 Å². The maximum atomic E-state index is 15.9. The molecule has 2 aliphatic rings. The van der Waals surface area contributed by atoms with Crippen molar-refractivity contribution in [2.24, 2.45) is 41.4 Å². The largest absolute Gasteiger partial charge is 0.390 e. The van der Waals surface area contributed by atoms with Crippen molar-refractivity contribution in [2.45, 2.75) is 215 Å². The zero-order chi connectivity index (χ0) is 64.7. The zero-order valence-electron chi connectivity index (χ0n) is 54.8. The molecular formula is C61H107N11O12. The Morgan fingerprint density at radius 2 is 1.02 bits per heavy atom. The Hall–Kier alpha value is -6.13. The number of fused-ring (bicyclic) bond motifs is 5. The van der Waals surface area contributed by atoms with Gasteiger partial charge in [0.05, 0.1) is 12.6 Å². The van der Waals surface area contributed by atoms with E-state index in [1.54, 1.807) is 60.6 Å². The van der Waals surface area contributed by atoms with Crippen LogP contribution in [0, 0.1) is 41.4 Å². The molecule has 0 aromatic heterocycles. The number of nitrogens with zero attached hydrogens (tertiary/aromatic N) is 7. The molecule has 0 aromatic rings. The Bertz CT molecular complexity index is 2350. The van der Waals surface area contributed by atoms with Crippen LogP contribution in [0.5, 0.6) is 0 Å². The van der Waals surface area contributed by atoms with Gasteiger partial charge in [0, 0.05) is 49.3 Å². The van der Waals surface area contributed by atoms with Crippen LogP contribution in [0.1, 0.15) is 149 Å². The fraction of sp³-hybridized carbons (Fsp3) is 0.787. The Morgan fingerprint density at radius 1 is 0.524 bits per heavy atom. The van der Waals surface area contributed by atoms with Crippen LogP contribution in [0.3, 0.4) is 0 Å². The lowest BCUT2D eigenvalue weighted by molar-refractivity contribution is -0.158. The summed E-state index contributed by atoms with van der Waals surface area (Å²) in [5.41, 5.74) is 0. The zero-order valence-corrected chi connectivity index (χ0v) is 54.8. The summed E-state index contributed by atoms with van der Waals surface area (Å²) in [6.45, 7) is 25.7.